The van der Waals surface area contributed by atoms with Gasteiger partial charge in [-0.1, -0.05) is 62.3 Å². The zero-order valence-corrected chi connectivity index (χ0v) is 21.8. The molecular weight excluding hydrogens is 358 g/mol. The van der Waals surface area contributed by atoms with Gasteiger partial charge in [-0.15, -0.1) is 0 Å². The topological polar surface area (TPSA) is 38.7 Å². The molecule has 0 unspecified atom stereocenters. The van der Waals surface area contributed by atoms with Crippen LogP contribution >= 0.6 is 0 Å². The highest BCUT2D eigenvalue weighted by molar-refractivity contribution is 6.23. The number of allylic oxidation sites excluding steroid dienone is 2. The summed E-state index contributed by atoms with van der Waals surface area (Å²) in [4.78, 5) is 18.8. The van der Waals surface area contributed by atoms with Gasteiger partial charge in [-0.2, -0.15) is 0 Å². The summed E-state index contributed by atoms with van der Waals surface area (Å²) >= 11 is 0. The summed E-state index contributed by atoms with van der Waals surface area (Å²) < 4.78 is 5.93. The lowest BCUT2D eigenvalue weighted by atomic mass is 9.74. The van der Waals surface area contributed by atoms with Crippen molar-refractivity contribution in [3.05, 3.63) is 22.3 Å². The third-order valence-electron chi connectivity index (χ3n) is 4.52. The summed E-state index contributed by atoms with van der Waals surface area (Å²) in [6.07, 6.45) is 0. The average Bonchev–Trinajstić information content (AvgIpc) is 2.68. The van der Waals surface area contributed by atoms with Gasteiger partial charge in [0.2, 0.25) is 0 Å². The maximum atomic E-state index is 13.6. The fourth-order valence-corrected chi connectivity index (χ4v) is 3.80. The van der Waals surface area contributed by atoms with Crippen molar-refractivity contribution in [2.24, 2.45) is 21.2 Å². The number of esters is 1. The number of ether oxygens (including phenoxy) is 1. The van der Waals surface area contributed by atoms with E-state index in [1.165, 1.54) is 5.57 Å². The molecule has 1 rings (SSSR count). The van der Waals surface area contributed by atoms with Gasteiger partial charge in [0.25, 0.3) is 0 Å². The quantitative estimate of drug-likeness (QED) is 0.430. The van der Waals surface area contributed by atoms with Crippen molar-refractivity contribution in [2.75, 3.05) is 0 Å². The van der Waals surface area contributed by atoms with E-state index in [-0.39, 0.29) is 27.8 Å². The van der Waals surface area contributed by atoms with E-state index in [2.05, 4.69) is 83.1 Å². The van der Waals surface area contributed by atoms with E-state index in [1.807, 2.05) is 20.8 Å². The first-order chi connectivity index (χ1) is 12.5. The van der Waals surface area contributed by atoms with Crippen molar-refractivity contribution in [1.82, 2.24) is 0 Å². The van der Waals surface area contributed by atoms with Crippen LogP contribution in [0.25, 0.3) is 0 Å². The minimum atomic E-state index is -0.554. The van der Waals surface area contributed by atoms with Gasteiger partial charge < -0.3 is 4.74 Å². The molecule has 0 spiro atoms. The smallest absolute Gasteiger partial charge is 0.339 e. The minimum absolute atomic E-state index is 0.160. The Hall–Kier alpha value is -1.38. The van der Waals surface area contributed by atoms with Gasteiger partial charge in [0.05, 0.1) is 16.8 Å². The lowest BCUT2D eigenvalue weighted by Crippen LogP contribution is -2.29. The molecule has 1 aliphatic rings. The van der Waals surface area contributed by atoms with Crippen LogP contribution in [0.3, 0.4) is 0 Å². The Labute approximate surface area is 180 Å². The summed E-state index contributed by atoms with van der Waals surface area (Å²) in [6.45, 7) is 31.8. The van der Waals surface area contributed by atoms with E-state index < -0.39 is 5.60 Å². The molecule has 0 radical (unpaired) electrons. The van der Waals surface area contributed by atoms with Crippen LogP contribution in [0.5, 0.6) is 0 Å². The van der Waals surface area contributed by atoms with Crippen LogP contribution < -0.4 is 0 Å². The summed E-state index contributed by atoms with van der Waals surface area (Å²) in [6, 6.07) is 0. The highest BCUT2D eigenvalue weighted by atomic mass is 16.6. The lowest BCUT2D eigenvalue weighted by molar-refractivity contribution is -0.149. The molecule has 0 aromatic rings. The highest BCUT2D eigenvalue weighted by Crippen LogP contribution is 2.52. The van der Waals surface area contributed by atoms with Crippen molar-refractivity contribution < 1.29 is 9.53 Å². The molecular formula is C26H45NO2. The molecule has 0 saturated carbocycles. The molecule has 0 heterocycles. The number of carbonyl (C=O) groups excluding carboxylic acids is 1. The van der Waals surface area contributed by atoms with Crippen molar-refractivity contribution in [1.29, 1.82) is 0 Å². The number of hydrogen-bond acceptors (Lipinski definition) is 3. The SMILES string of the molecule is CC(C)(C)N=C1C(C(C)(C)C)=C(C(=O)OC(C)(C)C)C(C(C)(C)C)=C1C(C)(C)C. The van der Waals surface area contributed by atoms with Gasteiger partial charge in [-0.05, 0) is 74.5 Å². The van der Waals surface area contributed by atoms with Crippen molar-refractivity contribution in [3.63, 3.8) is 0 Å². The molecule has 0 aromatic heterocycles. The Kier molecular flexibility index (Phi) is 6.54. The molecule has 0 N–H and O–H groups in total. The Morgan fingerprint density at radius 2 is 1.00 bits per heavy atom. The standard InChI is InChI=1S/C26H45NO2/c1-22(2,3)17-16(21(28)29-26(13,14)15)18(23(4,5)6)20(27-25(10,11)12)19(17)24(7,8)9/h1-15H3. The van der Waals surface area contributed by atoms with Gasteiger partial charge in [0.15, 0.2) is 0 Å². The Bertz CT molecular complexity index is 756. The minimum Gasteiger partial charge on any atom is -0.456 e. The summed E-state index contributed by atoms with van der Waals surface area (Å²) in [5.74, 6) is -0.242. The first kappa shape index (κ1) is 25.7. The zero-order chi connectivity index (χ0) is 23.4. The fourth-order valence-electron chi connectivity index (χ4n) is 3.80. The number of carbonyl (C=O) groups is 1. The number of aliphatic imine (C=N–C) groups is 1. The van der Waals surface area contributed by atoms with Crippen LogP contribution in [-0.4, -0.2) is 22.8 Å². The van der Waals surface area contributed by atoms with E-state index in [0.29, 0.717) is 5.57 Å². The number of hydrogen-bond donors (Lipinski definition) is 0. The second-order valence-corrected chi connectivity index (χ2v) is 13.4. The number of rotatable bonds is 1. The molecule has 0 amide bonds. The molecule has 166 valence electrons. The molecule has 3 heteroatoms. The third kappa shape index (κ3) is 6.30. The molecule has 0 bridgehead atoms. The van der Waals surface area contributed by atoms with Gasteiger partial charge in [-0.25, -0.2) is 4.79 Å². The van der Waals surface area contributed by atoms with E-state index in [1.54, 1.807) is 0 Å². The Balaban J connectivity index is 4.17. The van der Waals surface area contributed by atoms with Crippen molar-refractivity contribution in [3.8, 4) is 0 Å². The maximum Gasteiger partial charge on any atom is 0.339 e. The van der Waals surface area contributed by atoms with Gasteiger partial charge in [0.1, 0.15) is 5.60 Å². The summed E-state index contributed by atoms with van der Waals surface area (Å²) in [5, 5.41) is 0. The molecule has 29 heavy (non-hydrogen) atoms. The second kappa shape index (κ2) is 7.39. The van der Waals surface area contributed by atoms with Crippen molar-refractivity contribution in [2.45, 2.75) is 115 Å². The molecule has 1 aliphatic carbocycles. The fraction of sp³-hybridized carbons (Fsp3) is 0.769. The van der Waals surface area contributed by atoms with Gasteiger partial charge >= 0.3 is 5.97 Å². The van der Waals surface area contributed by atoms with E-state index >= 15 is 0 Å². The van der Waals surface area contributed by atoms with E-state index in [0.717, 1.165) is 16.9 Å². The van der Waals surface area contributed by atoms with Crippen LogP contribution in [0.15, 0.2) is 27.3 Å². The van der Waals surface area contributed by atoms with Crippen LogP contribution in [-0.2, 0) is 9.53 Å². The Morgan fingerprint density at radius 1 is 0.621 bits per heavy atom. The van der Waals surface area contributed by atoms with Gasteiger partial charge in [-0.3, -0.25) is 4.99 Å². The normalized spacial score (nSPS) is 18.8. The Morgan fingerprint density at radius 3 is 1.28 bits per heavy atom. The number of nitrogens with zero attached hydrogens (tertiary/aromatic N) is 1. The van der Waals surface area contributed by atoms with Crippen LogP contribution in [0.2, 0.25) is 0 Å². The first-order valence-electron chi connectivity index (χ1n) is 10.8. The molecule has 3 nitrogen and oxygen atoms in total. The van der Waals surface area contributed by atoms with E-state index in [4.69, 9.17) is 9.73 Å². The van der Waals surface area contributed by atoms with Crippen molar-refractivity contribution >= 4 is 11.7 Å². The van der Waals surface area contributed by atoms with Crippen LogP contribution in [0, 0.1) is 16.2 Å². The van der Waals surface area contributed by atoms with Crippen LogP contribution in [0.1, 0.15) is 104 Å². The highest BCUT2D eigenvalue weighted by Gasteiger charge is 2.47. The van der Waals surface area contributed by atoms with Crippen LogP contribution in [0.4, 0.5) is 0 Å². The summed E-state index contributed by atoms with van der Waals surface area (Å²) in [7, 11) is 0. The molecule has 0 aliphatic heterocycles. The predicted molar refractivity (Wildman–Crippen MR) is 125 cm³/mol. The molecule has 0 aromatic carbocycles. The molecule has 0 fully saturated rings. The molecule has 0 saturated heterocycles. The largest absolute Gasteiger partial charge is 0.456 e. The first-order valence-corrected chi connectivity index (χ1v) is 10.8. The van der Waals surface area contributed by atoms with E-state index in [9.17, 15) is 4.79 Å². The third-order valence-corrected chi connectivity index (χ3v) is 4.52. The lowest BCUT2D eigenvalue weighted by Gasteiger charge is -2.32. The predicted octanol–water partition coefficient (Wildman–Crippen LogP) is 7.31. The zero-order valence-electron chi connectivity index (χ0n) is 21.8. The monoisotopic (exact) mass is 403 g/mol. The summed E-state index contributed by atoms with van der Waals surface area (Å²) in [5.41, 5.74) is 3.51. The molecule has 0 atom stereocenters. The van der Waals surface area contributed by atoms with Gasteiger partial charge in [0, 0.05) is 0 Å². The second-order valence-electron chi connectivity index (χ2n) is 13.4. The average molecular weight is 404 g/mol. The maximum absolute atomic E-state index is 13.6.